The molecule has 0 aromatic heterocycles. The monoisotopic (exact) mass is 452 g/mol. The van der Waals surface area contributed by atoms with Crippen molar-refractivity contribution >= 4 is 59.4 Å². The lowest BCUT2D eigenvalue weighted by atomic mass is 10.2. The molecular weight excluding hydrogens is 440 g/mol. The number of rotatable bonds is 3. The van der Waals surface area contributed by atoms with E-state index in [1.807, 2.05) is 17.0 Å². The highest BCUT2D eigenvalue weighted by atomic mass is 79.9. The first-order chi connectivity index (χ1) is 8.90. The molecule has 1 aliphatic rings. The van der Waals surface area contributed by atoms with Crippen LogP contribution in [-0.4, -0.2) is 24.5 Å². The molecule has 1 aromatic rings. The molecule has 1 heterocycles. The Kier molecular flexibility index (Phi) is 5.09. The van der Waals surface area contributed by atoms with Crippen molar-refractivity contribution in [2.45, 2.75) is 32.4 Å². The lowest BCUT2D eigenvalue weighted by molar-refractivity contribution is -0.118. The molecule has 1 amide bonds. The van der Waals surface area contributed by atoms with Crippen molar-refractivity contribution in [1.29, 1.82) is 0 Å². The van der Waals surface area contributed by atoms with E-state index in [9.17, 15) is 4.79 Å². The van der Waals surface area contributed by atoms with Gasteiger partial charge in [0, 0.05) is 26.0 Å². The van der Waals surface area contributed by atoms with Crippen LogP contribution in [-0.2, 0) is 4.79 Å². The quantitative estimate of drug-likeness (QED) is 0.746. The third kappa shape index (κ3) is 3.40. The van der Waals surface area contributed by atoms with Gasteiger partial charge in [0.15, 0.2) is 0 Å². The number of nitrogens with zero attached hydrogens (tertiary/aromatic N) is 1. The number of carbonyl (C=O) groups excluding carboxylic acids is 1. The number of benzene rings is 1. The van der Waals surface area contributed by atoms with E-state index in [0.717, 1.165) is 32.1 Å². The molecular formula is C13H15Br3N2O. The predicted molar refractivity (Wildman–Crippen MR) is 88.6 cm³/mol. The molecule has 1 fully saturated rings. The van der Waals surface area contributed by atoms with Gasteiger partial charge in [-0.1, -0.05) is 29.8 Å². The lowest BCUT2D eigenvalue weighted by Crippen LogP contribution is -2.41. The lowest BCUT2D eigenvalue weighted by Gasteiger charge is -2.21. The second kappa shape index (κ2) is 6.24. The average molecular weight is 455 g/mol. The van der Waals surface area contributed by atoms with Gasteiger partial charge < -0.3 is 10.2 Å². The molecule has 1 atom stereocenters. The third-order valence-electron chi connectivity index (χ3n) is 2.99. The first-order valence-electron chi connectivity index (χ1n) is 6.12. The van der Waals surface area contributed by atoms with E-state index < -0.39 is 0 Å². The molecule has 1 saturated heterocycles. The Hall–Kier alpha value is 0.0900. The topological polar surface area (TPSA) is 32.3 Å². The van der Waals surface area contributed by atoms with Gasteiger partial charge in [0.2, 0.25) is 5.91 Å². The second-order valence-corrected chi connectivity index (χ2v) is 7.49. The maximum Gasteiger partial charge on any atom is 0.244 e. The number of anilines is 1. The smallest absolute Gasteiger partial charge is 0.244 e. The molecule has 0 bridgehead atoms. The summed E-state index contributed by atoms with van der Waals surface area (Å²) in [5, 5.41) is 3.31. The highest BCUT2D eigenvalue weighted by Gasteiger charge is 2.34. The molecule has 0 spiro atoms. The van der Waals surface area contributed by atoms with E-state index in [4.69, 9.17) is 0 Å². The minimum Gasteiger partial charge on any atom is -0.309 e. The summed E-state index contributed by atoms with van der Waals surface area (Å²) in [6.07, 6.45) is 0.839. The number of nitrogens with one attached hydrogen (secondary N) is 1. The molecule has 104 valence electrons. The summed E-state index contributed by atoms with van der Waals surface area (Å²) in [7, 11) is 0. The Balaban J connectivity index is 2.27. The Morgan fingerprint density at radius 2 is 1.84 bits per heavy atom. The highest BCUT2D eigenvalue weighted by molar-refractivity contribution is 9.11. The van der Waals surface area contributed by atoms with Crippen LogP contribution in [0.5, 0.6) is 0 Å². The summed E-state index contributed by atoms with van der Waals surface area (Å²) in [5.41, 5.74) is 0.904. The predicted octanol–water partition coefficient (Wildman–Crippen LogP) is 4.08. The molecule has 19 heavy (non-hydrogen) atoms. The Labute approximate surface area is 138 Å². The first-order valence-corrected chi connectivity index (χ1v) is 8.50. The molecule has 6 heteroatoms. The van der Waals surface area contributed by atoms with Crippen molar-refractivity contribution in [3.05, 3.63) is 25.6 Å². The van der Waals surface area contributed by atoms with Crippen molar-refractivity contribution in [3.8, 4) is 0 Å². The molecule has 1 unspecified atom stereocenters. The van der Waals surface area contributed by atoms with Gasteiger partial charge in [0.05, 0.1) is 11.7 Å². The minimum atomic E-state index is -0.0811. The Morgan fingerprint density at radius 1 is 1.26 bits per heavy atom. The zero-order chi connectivity index (χ0) is 14.2. The van der Waals surface area contributed by atoms with Crippen molar-refractivity contribution in [3.63, 3.8) is 0 Å². The number of halogens is 3. The van der Waals surface area contributed by atoms with E-state index in [1.165, 1.54) is 0 Å². The van der Waals surface area contributed by atoms with E-state index in [0.29, 0.717) is 6.04 Å². The molecule has 1 N–H and O–H groups in total. The van der Waals surface area contributed by atoms with Crippen LogP contribution in [0.1, 0.15) is 20.3 Å². The van der Waals surface area contributed by atoms with Gasteiger partial charge in [-0.05, 0) is 50.4 Å². The van der Waals surface area contributed by atoms with Crippen LogP contribution in [0.3, 0.4) is 0 Å². The number of amides is 1. The standard InChI is InChI=1S/C13H15Br3N2O/c1-7(2)17-11-3-4-18(13(11)19)12-9(15)5-8(14)6-10(12)16/h5-7,11,17H,3-4H2,1-2H3. The number of hydrogen-bond donors (Lipinski definition) is 1. The SMILES string of the molecule is CC(C)NC1CCN(c2c(Br)cc(Br)cc2Br)C1=O. The van der Waals surface area contributed by atoms with E-state index in [2.05, 4.69) is 67.0 Å². The van der Waals surface area contributed by atoms with Crippen LogP contribution in [0.15, 0.2) is 25.6 Å². The van der Waals surface area contributed by atoms with Crippen molar-refractivity contribution in [1.82, 2.24) is 5.32 Å². The second-order valence-electron chi connectivity index (χ2n) is 4.87. The normalized spacial score (nSPS) is 19.6. The van der Waals surface area contributed by atoms with Gasteiger partial charge in [0.1, 0.15) is 0 Å². The van der Waals surface area contributed by atoms with Crippen molar-refractivity contribution in [2.75, 3.05) is 11.4 Å². The summed E-state index contributed by atoms with van der Waals surface area (Å²) >= 11 is 10.5. The highest BCUT2D eigenvalue weighted by Crippen LogP contribution is 2.38. The summed E-state index contributed by atoms with van der Waals surface area (Å²) < 4.78 is 2.79. The van der Waals surface area contributed by atoms with Gasteiger partial charge in [-0.2, -0.15) is 0 Å². The number of hydrogen-bond acceptors (Lipinski definition) is 2. The van der Waals surface area contributed by atoms with Crippen LogP contribution in [0, 0.1) is 0 Å². The van der Waals surface area contributed by atoms with Crippen LogP contribution in [0.4, 0.5) is 5.69 Å². The first kappa shape index (κ1) is 15.5. The summed E-state index contributed by atoms with van der Waals surface area (Å²) in [4.78, 5) is 14.3. The fraction of sp³-hybridized carbons (Fsp3) is 0.462. The van der Waals surface area contributed by atoms with Gasteiger partial charge in [0.25, 0.3) is 0 Å². The average Bonchev–Trinajstić information content (AvgIpc) is 2.60. The van der Waals surface area contributed by atoms with E-state index in [-0.39, 0.29) is 11.9 Å². The third-order valence-corrected chi connectivity index (χ3v) is 4.66. The fourth-order valence-electron chi connectivity index (χ4n) is 2.25. The molecule has 0 radical (unpaired) electrons. The summed E-state index contributed by atoms with van der Waals surface area (Å²) in [6.45, 7) is 4.85. The Bertz CT molecular complexity index is 482. The zero-order valence-corrected chi connectivity index (χ0v) is 15.5. The fourth-order valence-corrected chi connectivity index (χ4v) is 4.94. The van der Waals surface area contributed by atoms with Gasteiger partial charge in [-0.3, -0.25) is 4.79 Å². The largest absolute Gasteiger partial charge is 0.309 e. The maximum absolute atomic E-state index is 12.4. The van der Waals surface area contributed by atoms with Gasteiger partial charge in [-0.15, -0.1) is 0 Å². The summed E-state index contributed by atoms with van der Waals surface area (Å²) in [6, 6.07) is 4.14. The zero-order valence-electron chi connectivity index (χ0n) is 10.7. The van der Waals surface area contributed by atoms with E-state index >= 15 is 0 Å². The van der Waals surface area contributed by atoms with Gasteiger partial charge >= 0.3 is 0 Å². The number of carbonyl (C=O) groups is 1. The molecule has 1 aliphatic heterocycles. The van der Waals surface area contributed by atoms with Crippen molar-refractivity contribution in [2.24, 2.45) is 0 Å². The van der Waals surface area contributed by atoms with Crippen LogP contribution in [0.2, 0.25) is 0 Å². The maximum atomic E-state index is 12.4. The molecule has 0 saturated carbocycles. The minimum absolute atomic E-state index is 0.0811. The summed E-state index contributed by atoms with van der Waals surface area (Å²) in [5.74, 6) is 0.137. The van der Waals surface area contributed by atoms with Crippen LogP contribution in [0.25, 0.3) is 0 Å². The Morgan fingerprint density at radius 3 is 2.37 bits per heavy atom. The molecule has 1 aromatic carbocycles. The van der Waals surface area contributed by atoms with Crippen LogP contribution >= 0.6 is 47.8 Å². The molecule has 2 rings (SSSR count). The van der Waals surface area contributed by atoms with Crippen LogP contribution < -0.4 is 10.2 Å². The van der Waals surface area contributed by atoms with Gasteiger partial charge in [-0.25, -0.2) is 0 Å². The molecule has 0 aliphatic carbocycles. The molecule has 3 nitrogen and oxygen atoms in total. The van der Waals surface area contributed by atoms with Crippen molar-refractivity contribution < 1.29 is 4.79 Å². The van der Waals surface area contributed by atoms with E-state index in [1.54, 1.807) is 0 Å².